The van der Waals surface area contributed by atoms with Gasteiger partial charge in [0.05, 0.1) is 5.97 Å². The van der Waals surface area contributed by atoms with E-state index in [1.165, 1.54) is 13.8 Å². The minimum Gasteiger partial charge on any atom is -0.546 e. The van der Waals surface area contributed by atoms with Crippen LogP contribution in [0.4, 0.5) is 0 Å². The predicted molar refractivity (Wildman–Crippen MR) is 81.0 cm³/mol. The topological polar surface area (TPSA) is 66.4 Å². The summed E-state index contributed by atoms with van der Waals surface area (Å²) >= 11 is 5.79. The molecule has 0 radical (unpaired) electrons. The second kappa shape index (κ2) is 7.97. The van der Waals surface area contributed by atoms with Crippen LogP contribution in [0, 0.1) is 0 Å². The molecule has 0 saturated heterocycles. The van der Waals surface area contributed by atoms with Crippen molar-refractivity contribution in [3.05, 3.63) is 64.7 Å². The van der Waals surface area contributed by atoms with Gasteiger partial charge in [-0.05, 0) is 62.4 Å². The number of aliphatic carboxylic acids is 1. The Kier molecular flexibility index (Phi) is 6.84. The van der Waals surface area contributed by atoms with E-state index in [1.807, 2.05) is 0 Å². The van der Waals surface area contributed by atoms with Crippen LogP contribution in [0.1, 0.15) is 29.8 Å². The van der Waals surface area contributed by atoms with E-state index in [2.05, 4.69) is 0 Å². The van der Waals surface area contributed by atoms with Crippen LogP contribution in [0.2, 0.25) is 5.02 Å². The third kappa shape index (κ3) is 5.08. The molecule has 0 bridgehead atoms. The average Bonchev–Trinajstić information content (AvgIpc) is 2.47. The zero-order chi connectivity index (χ0) is 16.3. The minimum absolute atomic E-state index is 0. The molecular formula is C17H14ClNaO4. The number of carboxylic acids is 1. The van der Waals surface area contributed by atoms with Crippen LogP contribution >= 0.6 is 11.6 Å². The van der Waals surface area contributed by atoms with E-state index in [1.54, 1.807) is 48.5 Å². The summed E-state index contributed by atoms with van der Waals surface area (Å²) in [7, 11) is 0. The SMILES string of the molecule is CC(C)(Oc1ccc(C(=O)c2ccc(Cl)cc2)cc1)C(=O)[O-].[Na+]. The largest absolute Gasteiger partial charge is 1.00 e. The van der Waals surface area contributed by atoms with E-state index >= 15 is 0 Å². The normalized spacial score (nSPS) is 10.6. The molecule has 0 amide bonds. The van der Waals surface area contributed by atoms with Crippen molar-refractivity contribution < 1.29 is 49.0 Å². The molecule has 2 aromatic rings. The first-order valence-electron chi connectivity index (χ1n) is 6.60. The number of benzene rings is 2. The van der Waals surface area contributed by atoms with Gasteiger partial charge in [-0.25, -0.2) is 0 Å². The zero-order valence-corrected chi connectivity index (χ0v) is 15.9. The molecule has 0 unspecified atom stereocenters. The monoisotopic (exact) mass is 340 g/mol. The molecule has 0 N–H and O–H groups in total. The van der Waals surface area contributed by atoms with Crippen molar-refractivity contribution in [2.45, 2.75) is 19.4 Å². The number of ketones is 1. The first-order chi connectivity index (χ1) is 10.3. The molecule has 0 saturated carbocycles. The van der Waals surface area contributed by atoms with Crippen molar-refractivity contribution in [2.24, 2.45) is 0 Å². The number of rotatable bonds is 5. The summed E-state index contributed by atoms with van der Waals surface area (Å²) < 4.78 is 5.33. The van der Waals surface area contributed by atoms with Crippen LogP contribution in [-0.2, 0) is 4.79 Å². The van der Waals surface area contributed by atoms with Crippen LogP contribution in [0.25, 0.3) is 0 Å². The fraction of sp³-hybridized carbons (Fsp3) is 0.176. The molecular weight excluding hydrogens is 327 g/mol. The van der Waals surface area contributed by atoms with E-state index in [0.29, 0.717) is 21.9 Å². The van der Waals surface area contributed by atoms with Gasteiger partial charge >= 0.3 is 29.6 Å². The van der Waals surface area contributed by atoms with E-state index in [4.69, 9.17) is 16.3 Å². The summed E-state index contributed by atoms with van der Waals surface area (Å²) in [4.78, 5) is 23.2. The van der Waals surface area contributed by atoms with Gasteiger partial charge < -0.3 is 14.6 Å². The van der Waals surface area contributed by atoms with Crippen molar-refractivity contribution in [3.8, 4) is 5.75 Å². The number of carboxylic acid groups (broad SMARTS) is 1. The summed E-state index contributed by atoms with van der Waals surface area (Å²) in [5, 5.41) is 11.5. The predicted octanol–water partition coefficient (Wildman–Crippen LogP) is -0.518. The smallest absolute Gasteiger partial charge is 0.546 e. The molecule has 0 fully saturated rings. The van der Waals surface area contributed by atoms with Crippen LogP contribution in [0.15, 0.2) is 48.5 Å². The van der Waals surface area contributed by atoms with Gasteiger partial charge in [-0.3, -0.25) is 4.79 Å². The standard InChI is InChI=1S/C17H15ClO4.Na/c1-17(2,16(20)21)22-14-9-5-12(6-10-14)15(19)11-3-7-13(18)8-4-11;/h3-10H,1-2H3,(H,20,21);/q;+1/p-1. The Labute approximate surface area is 161 Å². The molecule has 0 aromatic heterocycles. The number of ether oxygens (including phenoxy) is 1. The Morgan fingerprint density at radius 1 is 0.957 bits per heavy atom. The molecule has 0 aliphatic carbocycles. The maximum Gasteiger partial charge on any atom is 1.00 e. The van der Waals surface area contributed by atoms with Crippen LogP contribution in [-0.4, -0.2) is 17.4 Å². The first-order valence-corrected chi connectivity index (χ1v) is 6.98. The van der Waals surface area contributed by atoms with Crippen LogP contribution < -0.4 is 39.4 Å². The van der Waals surface area contributed by atoms with Gasteiger partial charge in [0, 0.05) is 16.1 Å². The van der Waals surface area contributed by atoms with E-state index in [-0.39, 0.29) is 35.3 Å². The van der Waals surface area contributed by atoms with Gasteiger partial charge in [-0.2, -0.15) is 0 Å². The molecule has 0 atom stereocenters. The van der Waals surface area contributed by atoms with Crippen molar-refractivity contribution in [1.82, 2.24) is 0 Å². The van der Waals surface area contributed by atoms with Crippen molar-refractivity contribution in [3.63, 3.8) is 0 Å². The molecule has 2 aromatic carbocycles. The third-order valence-electron chi connectivity index (χ3n) is 3.09. The number of hydrogen-bond donors (Lipinski definition) is 0. The minimum atomic E-state index is -1.44. The maximum atomic E-state index is 12.3. The Bertz CT molecular complexity index is 694. The number of carbonyl (C=O) groups is 2. The Hall–Kier alpha value is -1.33. The van der Waals surface area contributed by atoms with Gasteiger partial charge in [-0.15, -0.1) is 0 Å². The van der Waals surface area contributed by atoms with Gasteiger partial charge in [0.15, 0.2) is 5.78 Å². The molecule has 0 heterocycles. The van der Waals surface area contributed by atoms with Gasteiger partial charge in [0.25, 0.3) is 0 Å². The van der Waals surface area contributed by atoms with E-state index in [9.17, 15) is 14.7 Å². The Balaban J connectivity index is 0.00000264. The van der Waals surface area contributed by atoms with E-state index < -0.39 is 11.6 Å². The third-order valence-corrected chi connectivity index (χ3v) is 3.34. The van der Waals surface area contributed by atoms with Crippen LogP contribution in [0.5, 0.6) is 5.75 Å². The number of carbonyl (C=O) groups excluding carboxylic acids is 2. The van der Waals surface area contributed by atoms with Crippen molar-refractivity contribution in [1.29, 1.82) is 0 Å². The number of halogens is 1. The number of hydrogen-bond acceptors (Lipinski definition) is 4. The fourth-order valence-corrected chi connectivity index (χ4v) is 1.90. The van der Waals surface area contributed by atoms with Crippen LogP contribution in [0.3, 0.4) is 0 Å². The van der Waals surface area contributed by atoms with E-state index in [0.717, 1.165) is 0 Å². The first kappa shape index (κ1) is 19.7. The molecule has 4 nitrogen and oxygen atoms in total. The summed E-state index contributed by atoms with van der Waals surface area (Å²) in [5.41, 5.74) is -0.448. The summed E-state index contributed by atoms with van der Waals surface area (Å²) in [6, 6.07) is 12.9. The van der Waals surface area contributed by atoms with Crippen molar-refractivity contribution >= 4 is 23.4 Å². The molecule has 0 aliphatic rings. The second-order valence-corrected chi connectivity index (χ2v) is 5.70. The molecule has 114 valence electrons. The van der Waals surface area contributed by atoms with Gasteiger partial charge in [0.1, 0.15) is 11.4 Å². The average molecular weight is 341 g/mol. The molecule has 2 rings (SSSR count). The van der Waals surface area contributed by atoms with Crippen molar-refractivity contribution in [2.75, 3.05) is 0 Å². The summed E-state index contributed by atoms with van der Waals surface area (Å²) in [5.74, 6) is -1.11. The fourth-order valence-electron chi connectivity index (χ4n) is 1.78. The Morgan fingerprint density at radius 3 is 1.83 bits per heavy atom. The second-order valence-electron chi connectivity index (χ2n) is 5.26. The molecule has 0 spiro atoms. The summed E-state index contributed by atoms with van der Waals surface area (Å²) in [6.45, 7) is 2.80. The summed E-state index contributed by atoms with van der Waals surface area (Å²) in [6.07, 6.45) is 0. The zero-order valence-electron chi connectivity index (χ0n) is 13.1. The molecule has 0 aliphatic heterocycles. The quantitative estimate of drug-likeness (QED) is 0.543. The molecule has 6 heteroatoms. The Morgan fingerprint density at radius 2 is 1.39 bits per heavy atom. The van der Waals surface area contributed by atoms with Gasteiger partial charge in [0.2, 0.25) is 0 Å². The van der Waals surface area contributed by atoms with Gasteiger partial charge in [-0.1, -0.05) is 11.6 Å². The maximum absolute atomic E-state index is 12.3. The molecule has 23 heavy (non-hydrogen) atoms.